The van der Waals surface area contributed by atoms with E-state index < -0.39 is 0 Å². The molecule has 0 unspecified atom stereocenters. The lowest BCUT2D eigenvalue weighted by Crippen LogP contribution is -2.45. The average Bonchev–Trinajstić information content (AvgIpc) is 2.66. The Labute approximate surface area is 129 Å². The number of likely N-dealkylation sites (N-methyl/N-ethyl adjacent to an activating group) is 1. The van der Waals surface area contributed by atoms with Gasteiger partial charge < -0.3 is 15.0 Å². The Morgan fingerprint density at radius 3 is 2.80 bits per heavy atom. The Bertz CT molecular complexity index is 496. The molecule has 1 N–H and O–H groups in total. The molecule has 6 heteroatoms. The number of halogens is 2. The van der Waals surface area contributed by atoms with Crippen molar-refractivity contribution in [3.63, 3.8) is 0 Å². The molecule has 1 aromatic rings. The van der Waals surface area contributed by atoms with Crippen LogP contribution in [0.3, 0.4) is 0 Å². The van der Waals surface area contributed by atoms with Crippen molar-refractivity contribution < 1.29 is 9.53 Å². The van der Waals surface area contributed by atoms with Crippen molar-refractivity contribution in [2.24, 2.45) is 0 Å². The van der Waals surface area contributed by atoms with Crippen LogP contribution in [0.1, 0.15) is 18.6 Å². The molecule has 1 aliphatic heterocycles. The Morgan fingerprint density at radius 2 is 2.15 bits per heavy atom. The summed E-state index contributed by atoms with van der Waals surface area (Å²) in [4.78, 5) is 13.3. The summed E-state index contributed by atoms with van der Waals surface area (Å²) in [6.07, 6.45) is -0.214. The summed E-state index contributed by atoms with van der Waals surface area (Å²) >= 11 is 12.0. The van der Waals surface area contributed by atoms with Crippen LogP contribution >= 0.6 is 23.2 Å². The van der Waals surface area contributed by atoms with Crippen LogP contribution in [0, 0.1) is 0 Å². The highest BCUT2D eigenvalue weighted by molar-refractivity contribution is 6.42. The lowest BCUT2D eigenvalue weighted by atomic mass is 10.0. The molecule has 1 fully saturated rings. The molecule has 4 nitrogen and oxygen atoms in total. The Kier molecular flexibility index (Phi) is 5.27. The monoisotopic (exact) mass is 316 g/mol. The second-order valence-corrected chi connectivity index (χ2v) is 5.68. The lowest BCUT2D eigenvalue weighted by Gasteiger charge is -2.32. The number of benzene rings is 1. The third-order valence-electron chi connectivity index (χ3n) is 3.55. The van der Waals surface area contributed by atoms with Gasteiger partial charge in [-0.2, -0.15) is 0 Å². The van der Waals surface area contributed by atoms with E-state index in [-0.39, 0.29) is 18.1 Å². The van der Waals surface area contributed by atoms with E-state index in [1.807, 2.05) is 6.07 Å². The van der Waals surface area contributed by atoms with Gasteiger partial charge in [-0.3, -0.25) is 4.79 Å². The number of rotatable bonds is 2. The number of nitrogens with one attached hydrogen (secondary N) is 1. The highest BCUT2D eigenvalue weighted by Crippen LogP contribution is 2.31. The number of hydrogen-bond acceptors (Lipinski definition) is 3. The summed E-state index contributed by atoms with van der Waals surface area (Å²) in [6, 6.07) is 5.38. The van der Waals surface area contributed by atoms with Crippen molar-refractivity contribution in [1.29, 1.82) is 0 Å². The molecular weight excluding hydrogens is 299 g/mol. The first kappa shape index (κ1) is 15.6. The molecule has 0 aliphatic carbocycles. The van der Waals surface area contributed by atoms with Gasteiger partial charge in [0.2, 0.25) is 5.91 Å². The smallest absolute Gasteiger partial charge is 0.219 e. The molecule has 1 aromatic carbocycles. The molecule has 1 saturated heterocycles. The first-order chi connectivity index (χ1) is 9.50. The molecule has 1 aliphatic rings. The van der Waals surface area contributed by atoms with Gasteiger partial charge in [0.1, 0.15) is 6.10 Å². The maximum absolute atomic E-state index is 11.6. The predicted molar refractivity (Wildman–Crippen MR) is 80.3 cm³/mol. The third-order valence-corrected chi connectivity index (χ3v) is 4.28. The number of amides is 1. The van der Waals surface area contributed by atoms with Gasteiger partial charge in [0.25, 0.3) is 0 Å². The minimum absolute atomic E-state index is 0.00682. The molecule has 1 heterocycles. The second-order valence-electron chi connectivity index (χ2n) is 4.87. The zero-order chi connectivity index (χ0) is 14.7. The molecule has 2 rings (SSSR count). The van der Waals surface area contributed by atoms with Crippen LogP contribution in [0.4, 0.5) is 0 Å². The van der Waals surface area contributed by atoms with E-state index in [0.717, 1.165) is 12.1 Å². The number of carbonyl (C=O) groups excluding carboxylic acids is 1. The minimum Gasteiger partial charge on any atom is -0.370 e. The molecule has 0 saturated carbocycles. The minimum atomic E-state index is -0.214. The van der Waals surface area contributed by atoms with E-state index >= 15 is 0 Å². The van der Waals surface area contributed by atoms with E-state index in [1.54, 1.807) is 31.0 Å². The fourth-order valence-corrected chi connectivity index (χ4v) is 2.61. The van der Waals surface area contributed by atoms with Crippen molar-refractivity contribution >= 4 is 29.1 Å². The van der Waals surface area contributed by atoms with Gasteiger partial charge in [-0.25, -0.2) is 0 Å². The van der Waals surface area contributed by atoms with Gasteiger partial charge in [0, 0.05) is 27.1 Å². The van der Waals surface area contributed by atoms with Crippen LogP contribution in [0.2, 0.25) is 10.0 Å². The maximum atomic E-state index is 11.6. The van der Waals surface area contributed by atoms with Crippen LogP contribution < -0.4 is 5.32 Å². The van der Waals surface area contributed by atoms with Gasteiger partial charge in [-0.15, -0.1) is 0 Å². The van der Waals surface area contributed by atoms with Crippen molar-refractivity contribution in [1.82, 2.24) is 10.2 Å². The normalized spacial score (nSPS) is 23.2. The number of nitrogens with zero attached hydrogens (tertiary/aromatic N) is 1. The number of hydrogen-bond donors (Lipinski definition) is 1. The molecule has 0 bridgehead atoms. The second kappa shape index (κ2) is 6.76. The van der Waals surface area contributed by atoms with Crippen molar-refractivity contribution in [2.75, 3.05) is 26.7 Å². The zero-order valence-electron chi connectivity index (χ0n) is 11.5. The molecule has 0 aromatic heterocycles. The largest absolute Gasteiger partial charge is 0.370 e. The summed E-state index contributed by atoms with van der Waals surface area (Å²) < 4.78 is 5.91. The summed E-state index contributed by atoms with van der Waals surface area (Å²) in [6.45, 7) is 3.59. The standard InChI is InChI=1S/C14H18Cl2N2O2/c1-9(19)18(2)13-8-17-5-6-20-14(13)10-3-4-11(15)12(16)7-10/h3-4,7,13-14,17H,5-6,8H2,1-2H3/t13-,14+/m1/s1. The Hall–Kier alpha value is -0.810. The van der Waals surface area contributed by atoms with Gasteiger partial charge in [-0.1, -0.05) is 29.3 Å². The van der Waals surface area contributed by atoms with E-state index in [4.69, 9.17) is 27.9 Å². The predicted octanol–water partition coefficient (Wildman–Crippen LogP) is 2.50. The van der Waals surface area contributed by atoms with E-state index in [2.05, 4.69) is 5.32 Å². The van der Waals surface area contributed by atoms with Crippen molar-refractivity contribution in [3.8, 4) is 0 Å². The summed E-state index contributed by atoms with van der Waals surface area (Å²) in [5.41, 5.74) is 0.932. The van der Waals surface area contributed by atoms with Crippen LogP contribution in [0.15, 0.2) is 18.2 Å². The van der Waals surface area contributed by atoms with Crippen LogP contribution in [-0.4, -0.2) is 43.6 Å². The lowest BCUT2D eigenvalue weighted by molar-refractivity contribution is -0.132. The third kappa shape index (κ3) is 3.44. The fraction of sp³-hybridized carbons (Fsp3) is 0.500. The van der Waals surface area contributed by atoms with Gasteiger partial charge >= 0.3 is 0 Å². The highest BCUT2D eigenvalue weighted by atomic mass is 35.5. The first-order valence-electron chi connectivity index (χ1n) is 6.51. The van der Waals surface area contributed by atoms with Crippen LogP contribution in [-0.2, 0) is 9.53 Å². The van der Waals surface area contributed by atoms with E-state index in [1.165, 1.54) is 0 Å². The van der Waals surface area contributed by atoms with Crippen molar-refractivity contribution in [3.05, 3.63) is 33.8 Å². The summed E-state index contributed by atoms with van der Waals surface area (Å²) in [5, 5.41) is 4.29. The molecule has 2 atom stereocenters. The quantitative estimate of drug-likeness (QED) is 0.911. The van der Waals surface area contributed by atoms with E-state index in [9.17, 15) is 4.79 Å². The molecule has 1 amide bonds. The van der Waals surface area contributed by atoms with Gasteiger partial charge in [0.15, 0.2) is 0 Å². The number of carbonyl (C=O) groups is 1. The number of ether oxygens (including phenoxy) is 1. The van der Waals surface area contributed by atoms with E-state index in [0.29, 0.717) is 23.2 Å². The summed E-state index contributed by atoms with van der Waals surface area (Å²) in [5.74, 6) is 0.00682. The topological polar surface area (TPSA) is 41.6 Å². The first-order valence-corrected chi connectivity index (χ1v) is 7.27. The fourth-order valence-electron chi connectivity index (χ4n) is 2.31. The SMILES string of the molecule is CC(=O)N(C)[C@@H]1CNCCO[C@H]1c1ccc(Cl)c(Cl)c1. The molecule has 0 radical (unpaired) electrons. The zero-order valence-corrected chi connectivity index (χ0v) is 13.0. The van der Waals surface area contributed by atoms with Crippen molar-refractivity contribution in [2.45, 2.75) is 19.1 Å². The molecule has 20 heavy (non-hydrogen) atoms. The summed E-state index contributed by atoms with van der Waals surface area (Å²) in [7, 11) is 1.79. The van der Waals surface area contributed by atoms with Gasteiger partial charge in [0.05, 0.1) is 22.7 Å². The Morgan fingerprint density at radius 1 is 1.40 bits per heavy atom. The Balaban J connectivity index is 2.32. The average molecular weight is 317 g/mol. The van der Waals surface area contributed by atoms with Crippen LogP contribution in [0.5, 0.6) is 0 Å². The van der Waals surface area contributed by atoms with Gasteiger partial charge in [-0.05, 0) is 17.7 Å². The molecule has 110 valence electrons. The molecule has 0 spiro atoms. The van der Waals surface area contributed by atoms with Crippen LogP contribution in [0.25, 0.3) is 0 Å². The molecular formula is C14H18Cl2N2O2. The maximum Gasteiger partial charge on any atom is 0.219 e. The highest BCUT2D eigenvalue weighted by Gasteiger charge is 2.30.